The molecule has 1 aliphatic rings. The number of methoxy groups -OCH3 is 1. The van der Waals surface area contributed by atoms with Crippen LogP contribution in [0.25, 0.3) is 22.3 Å². The summed E-state index contributed by atoms with van der Waals surface area (Å²) in [7, 11) is 1.69. The first-order chi connectivity index (χ1) is 17.0. The van der Waals surface area contributed by atoms with Gasteiger partial charge in [-0.25, -0.2) is 4.98 Å². The summed E-state index contributed by atoms with van der Waals surface area (Å²) in [6.07, 6.45) is 0. The molecule has 3 heterocycles. The van der Waals surface area contributed by atoms with Crippen LogP contribution in [0.15, 0.2) is 42.5 Å². The standard InChI is InChI=1S/C26H32N8O/c1-16(2)22-15-34(12-11-27-22)26-25(28-14-19-7-5-6-8-23(19)35-4)33-32-24(29-26)18-9-10-21-20(13-18)17(3)30-31-21/h5-10,13,16,22,27H,11-12,14-15H2,1-4H3,(H,28,33)(H,30,31)/t22-/m1/s1. The number of anilines is 2. The molecule has 0 spiro atoms. The van der Waals surface area contributed by atoms with Crippen molar-refractivity contribution in [2.75, 3.05) is 37.0 Å². The van der Waals surface area contributed by atoms with Gasteiger partial charge in [0.2, 0.25) is 0 Å². The number of benzene rings is 2. The van der Waals surface area contributed by atoms with Crippen LogP contribution in [0.2, 0.25) is 0 Å². The lowest BCUT2D eigenvalue weighted by atomic mass is 10.0. The summed E-state index contributed by atoms with van der Waals surface area (Å²) in [6.45, 7) is 9.65. The van der Waals surface area contributed by atoms with Gasteiger partial charge in [0, 0.05) is 48.7 Å². The van der Waals surface area contributed by atoms with Crippen molar-refractivity contribution in [1.29, 1.82) is 0 Å². The molecule has 0 unspecified atom stereocenters. The molecule has 4 aromatic rings. The molecule has 0 radical (unpaired) electrons. The van der Waals surface area contributed by atoms with Crippen molar-refractivity contribution < 1.29 is 4.74 Å². The van der Waals surface area contributed by atoms with Gasteiger partial charge < -0.3 is 20.3 Å². The summed E-state index contributed by atoms with van der Waals surface area (Å²) >= 11 is 0. The van der Waals surface area contributed by atoms with E-state index < -0.39 is 0 Å². The Morgan fingerprint density at radius 3 is 2.86 bits per heavy atom. The minimum absolute atomic E-state index is 0.383. The number of nitrogens with one attached hydrogen (secondary N) is 3. The van der Waals surface area contributed by atoms with Crippen LogP contribution in [-0.4, -0.2) is 58.2 Å². The number of ether oxygens (including phenoxy) is 1. The summed E-state index contributed by atoms with van der Waals surface area (Å²) in [6, 6.07) is 14.5. The second-order valence-electron chi connectivity index (χ2n) is 9.29. The number of fused-ring (bicyclic) bond motifs is 1. The minimum atomic E-state index is 0.383. The molecule has 0 saturated carbocycles. The zero-order valence-electron chi connectivity index (χ0n) is 20.7. The molecule has 0 bridgehead atoms. The van der Waals surface area contributed by atoms with E-state index in [1.807, 2.05) is 43.3 Å². The summed E-state index contributed by atoms with van der Waals surface area (Å²) in [4.78, 5) is 7.35. The van der Waals surface area contributed by atoms with E-state index in [0.29, 0.717) is 30.1 Å². The van der Waals surface area contributed by atoms with Gasteiger partial charge in [0.1, 0.15) is 5.75 Å². The van der Waals surface area contributed by atoms with Crippen LogP contribution in [0.4, 0.5) is 11.6 Å². The molecular formula is C26H32N8O. The van der Waals surface area contributed by atoms with Crippen LogP contribution in [0, 0.1) is 12.8 Å². The monoisotopic (exact) mass is 472 g/mol. The maximum atomic E-state index is 5.52. The molecule has 0 aliphatic carbocycles. The maximum absolute atomic E-state index is 5.52. The Morgan fingerprint density at radius 1 is 1.17 bits per heavy atom. The van der Waals surface area contributed by atoms with Crippen molar-refractivity contribution in [1.82, 2.24) is 30.7 Å². The molecule has 35 heavy (non-hydrogen) atoms. The highest BCUT2D eigenvalue weighted by Crippen LogP contribution is 2.29. The molecule has 3 N–H and O–H groups in total. The number of nitrogens with zero attached hydrogens (tertiary/aromatic N) is 5. The highest BCUT2D eigenvalue weighted by Gasteiger charge is 2.26. The predicted molar refractivity (Wildman–Crippen MR) is 139 cm³/mol. The molecule has 2 aromatic carbocycles. The molecule has 1 fully saturated rings. The molecule has 1 aliphatic heterocycles. The van der Waals surface area contributed by atoms with Crippen molar-refractivity contribution in [2.24, 2.45) is 5.92 Å². The SMILES string of the molecule is COc1ccccc1CNc1nnc(-c2ccc3[nH]nc(C)c3c2)nc1N1CCN[C@@H](C(C)C)C1. The number of H-pyrrole nitrogens is 1. The Bertz CT molecular complexity index is 1320. The molecule has 9 heteroatoms. The quantitative estimate of drug-likeness (QED) is 0.373. The number of hydrogen-bond donors (Lipinski definition) is 3. The second-order valence-corrected chi connectivity index (χ2v) is 9.29. The van der Waals surface area contributed by atoms with E-state index in [0.717, 1.165) is 58.9 Å². The zero-order chi connectivity index (χ0) is 24.4. The lowest BCUT2D eigenvalue weighted by Crippen LogP contribution is -2.53. The summed E-state index contributed by atoms with van der Waals surface area (Å²) < 4.78 is 5.52. The van der Waals surface area contributed by atoms with Gasteiger partial charge in [0.05, 0.1) is 18.3 Å². The molecule has 182 valence electrons. The first-order valence-electron chi connectivity index (χ1n) is 12.1. The van der Waals surface area contributed by atoms with Gasteiger partial charge in [-0.2, -0.15) is 5.10 Å². The van der Waals surface area contributed by atoms with Crippen molar-refractivity contribution in [3.05, 3.63) is 53.7 Å². The van der Waals surface area contributed by atoms with E-state index in [2.05, 4.69) is 55.8 Å². The van der Waals surface area contributed by atoms with E-state index in [1.165, 1.54) is 0 Å². The third-order valence-electron chi connectivity index (χ3n) is 6.63. The first kappa shape index (κ1) is 23.0. The topological polar surface area (TPSA) is 104 Å². The predicted octanol–water partition coefficient (Wildman–Crippen LogP) is 3.78. The fourth-order valence-corrected chi connectivity index (χ4v) is 4.50. The van der Waals surface area contributed by atoms with Gasteiger partial charge in [0.25, 0.3) is 0 Å². The van der Waals surface area contributed by atoms with Gasteiger partial charge in [0.15, 0.2) is 17.5 Å². The van der Waals surface area contributed by atoms with Crippen LogP contribution in [0.5, 0.6) is 5.75 Å². The Labute approximate surface area is 205 Å². The lowest BCUT2D eigenvalue weighted by Gasteiger charge is -2.37. The van der Waals surface area contributed by atoms with Gasteiger partial charge >= 0.3 is 0 Å². The van der Waals surface area contributed by atoms with Crippen LogP contribution < -0.4 is 20.3 Å². The number of aromatic nitrogens is 5. The minimum Gasteiger partial charge on any atom is -0.496 e. The Kier molecular flexibility index (Phi) is 6.50. The van der Waals surface area contributed by atoms with E-state index in [9.17, 15) is 0 Å². The Balaban J connectivity index is 1.50. The summed E-state index contributed by atoms with van der Waals surface area (Å²) in [5.41, 5.74) is 3.92. The van der Waals surface area contributed by atoms with Crippen LogP contribution in [0.1, 0.15) is 25.1 Å². The number of aromatic amines is 1. The molecule has 0 amide bonds. The van der Waals surface area contributed by atoms with Crippen LogP contribution in [0.3, 0.4) is 0 Å². The molecule has 1 atom stereocenters. The average molecular weight is 473 g/mol. The number of rotatable bonds is 7. The number of hydrogen-bond acceptors (Lipinski definition) is 8. The van der Waals surface area contributed by atoms with Gasteiger partial charge in [-0.3, -0.25) is 5.10 Å². The molecule has 2 aromatic heterocycles. The van der Waals surface area contributed by atoms with E-state index >= 15 is 0 Å². The van der Waals surface area contributed by atoms with Gasteiger partial charge in [-0.15, -0.1) is 10.2 Å². The number of aryl methyl sites for hydroxylation is 1. The molecule has 1 saturated heterocycles. The van der Waals surface area contributed by atoms with Crippen LogP contribution in [-0.2, 0) is 6.54 Å². The molecule has 9 nitrogen and oxygen atoms in total. The number of para-hydroxylation sites is 1. The second kappa shape index (κ2) is 9.87. The normalized spacial score (nSPS) is 16.1. The smallest absolute Gasteiger partial charge is 0.192 e. The fourth-order valence-electron chi connectivity index (χ4n) is 4.50. The van der Waals surface area contributed by atoms with Crippen molar-refractivity contribution in [3.63, 3.8) is 0 Å². The lowest BCUT2D eigenvalue weighted by molar-refractivity contribution is 0.367. The highest BCUT2D eigenvalue weighted by molar-refractivity contribution is 5.85. The van der Waals surface area contributed by atoms with Crippen molar-refractivity contribution in [3.8, 4) is 17.1 Å². The zero-order valence-corrected chi connectivity index (χ0v) is 20.7. The Hall–Kier alpha value is -3.72. The third-order valence-corrected chi connectivity index (χ3v) is 6.63. The van der Waals surface area contributed by atoms with Crippen molar-refractivity contribution in [2.45, 2.75) is 33.4 Å². The third kappa shape index (κ3) is 4.77. The van der Waals surface area contributed by atoms with E-state index in [4.69, 9.17) is 9.72 Å². The van der Waals surface area contributed by atoms with Gasteiger partial charge in [-0.05, 0) is 37.1 Å². The highest BCUT2D eigenvalue weighted by atomic mass is 16.5. The molecule has 5 rings (SSSR count). The van der Waals surface area contributed by atoms with E-state index in [-0.39, 0.29) is 0 Å². The fraction of sp³-hybridized carbons (Fsp3) is 0.385. The first-order valence-corrected chi connectivity index (χ1v) is 12.1. The van der Waals surface area contributed by atoms with Gasteiger partial charge in [-0.1, -0.05) is 32.0 Å². The molecular weight excluding hydrogens is 440 g/mol. The largest absolute Gasteiger partial charge is 0.496 e. The van der Waals surface area contributed by atoms with E-state index in [1.54, 1.807) is 7.11 Å². The number of piperazine rings is 1. The van der Waals surface area contributed by atoms with Crippen molar-refractivity contribution >= 4 is 22.5 Å². The van der Waals surface area contributed by atoms with Crippen LogP contribution >= 0.6 is 0 Å². The Morgan fingerprint density at radius 2 is 2.03 bits per heavy atom. The average Bonchev–Trinajstić information content (AvgIpc) is 3.27. The summed E-state index contributed by atoms with van der Waals surface area (Å²) in [5.74, 6) is 3.45. The maximum Gasteiger partial charge on any atom is 0.192 e. The summed E-state index contributed by atoms with van der Waals surface area (Å²) in [5, 5.41) is 24.6.